The van der Waals surface area contributed by atoms with Crippen LogP contribution in [0.15, 0.2) is 35.3 Å². The van der Waals surface area contributed by atoms with Crippen LogP contribution in [0.4, 0.5) is 0 Å². The van der Waals surface area contributed by atoms with E-state index in [4.69, 9.17) is 9.47 Å². The van der Waals surface area contributed by atoms with Gasteiger partial charge in [0.25, 0.3) is 0 Å². The average molecular weight is 295 g/mol. The molecule has 5 heteroatoms. The number of halogens is 1. The molecule has 2 aromatic rings. The van der Waals surface area contributed by atoms with Crippen LogP contribution in [-0.4, -0.2) is 24.2 Å². The van der Waals surface area contributed by atoms with Crippen molar-refractivity contribution in [3.63, 3.8) is 0 Å². The molecule has 1 heterocycles. The molecule has 0 saturated carbocycles. The van der Waals surface area contributed by atoms with E-state index in [2.05, 4.69) is 25.9 Å². The predicted molar refractivity (Wildman–Crippen MR) is 68.3 cm³/mol. The smallest absolute Gasteiger partial charge is 0.161 e. The number of benzene rings is 1. The third kappa shape index (κ3) is 2.39. The van der Waals surface area contributed by atoms with Crippen molar-refractivity contribution in [3.8, 4) is 22.6 Å². The monoisotopic (exact) mass is 294 g/mol. The second kappa shape index (κ2) is 5.14. The van der Waals surface area contributed by atoms with E-state index < -0.39 is 0 Å². The molecule has 0 radical (unpaired) electrons. The van der Waals surface area contributed by atoms with E-state index in [1.807, 2.05) is 18.2 Å². The predicted octanol–water partition coefficient (Wildman–Crippen LogP) is 2.92. The molecule has 0 aliphatic heterocycles. The van der Waals surface area contributed by atoms with E-state index in [0.29, 0.717) is 11.5 Å². The van der Waals surface area contributed by atoms with Crippen LogP contribution < -0.4 is 9.47 Å². The summed E-state index contributed by atoms with van der Waals surface area (Å²) in [7, 11) is 3.22. The minimum Gasteiger partial charge on any atom is -0.493 e. The molecule has 0 saturated heterocycles. The van der Waals surface area contributed by atoms with Crippen LogP contribution in [0.25, 0.3) is 11.1 Å². The van der Waals surface area contributed by atoms with E-state index in [-0.39, 0.29) is 0 Å². The zero-order valence-electron chi connectivity index (χ0n) is 9.48. The molecule has 1 aromatic carbocycles. The van der Waals surface area contributed by atoms with Crippen molar-refractivity contribution in [1.29, 1.82) is 0 Å². The maximum absolute atomic E-state index is 5.26. The van der Waals surface area contributed by atoms with E-state index in [1.54, 1.807) is 20.4 Å². The molecule has 0 spiro atoms. The van der Waals surface area contributed by atoms with Crippen molar-refractivity contribution in [2.75, 3.05) is 14.2 Å². The minimum absolute atomic E-state index is 0.681. The van der Waals surface area contributed by atoms with E-state index in [9.17, 15) is 0 Å². The van der Waals surface area contributed by atoms with Crippen LogP contribution >= 0.6 is 15.9 Å². The van der Waals surface area contributed by atoms with Gasteiger partial charge in [0, 0.05) is 11.8 Å². The molecule has 0 unspecified atom stereocenters. The van der Waals surface area contributed by atoms with E-state index in [0.717, 1.165) is 15.7 Å². The van der Waals surface area contributed by atoms with Crippen molar-refractivity contribution in [2.24, 2.45) is 0 Å². The summed E-state index contributed by atoms with van der Waals surface area (Å²) < 4.78 is 11.2. The summed E-state index contributed by atoms with van der Waals surface area (Å²) in [6, 6.07) is 5.68. The second-order valence-corrected chi connectivity index (χ2v) is 4.05. The zero-order valence-corrected chi connectivity index (χ0v) is 11.1. The fraction of sp³-hybridized carbons (Fsp3) is 0.167. The van der Waals surface area contributed by atoms with E-state index in [1.165, 1.54) is 6.33 Å². The number of nitrogens with zero attached hydrogens (tertiary/aromatic N) is 2. The molecule has 0 bridgehead atoms. The van der Waals surface area contributed by atoms with Crippen molar-refractivity contribution in [2.45, 2.75) is 0 Å². The summed E-state index contributed by atoms with van der Waals surface area (Å²) in [6.07, 6.45) is 3.24. The van der Waals surface area contributed by atoms with Crippen LogP contribution in [0.3, 0.4) is 0 Å². The Labute approximate surface area is 108 Å². The highest BCUT2D eigenvalue weighted by Crippen LogP contribution is 2.33. The first-order valence-electron chi connectivity index (χ1n) is 4.94. The lowest BCUT2D eigenvalue weighted by Gasteiger charge is -2.09. The molecule has 0 amide bonds. The van der Waals surface area contributed by atoms with Crippen molar-refractivity contribution in [3.05, 3.63) is 35.3 Å². The summed E-state index contributed by atoms with van der Waals surface area (Å²) in [6.45, 7) is 0. The summed E-state index contributed by atoms with van der Waals surface area (Å²) in [5.74, 6) is 1.38. The lowest BCUT2D eigenvalue weighted by Crippen LogP contribution is -1.92. The van der Waals surface area contributed by atoms with Crippen molar-refractivity contribution < 1.29 is 9.47 Å². The highest BCUT2D eigenvalue weighted by atomic mass is 79.9. The standard InChI is InChI=1S/C12H11BrN2O2/c1-16-10-4-3-8(5-11(10)17-2)9-6-14-7-15-12(9)13/h3-7H,1-2H3. The molecular formula is C12H11BrN2O2. The summed E-state index contributed by atoms with van der Waals surface area (Å²) in [5.41, 5.74) is 1.88. The Morgan fingerprint density at radius 2 is 1.88 bits per heavy atom. The lowest BCUT2D eigenvalue weighted by molar-refractivity contribution is 0.355. The first-order valence-corrected chi connectivity index (χ1v) is 5.73. The van der Waals surface area contributed by atoms with Gasteiger partial charge in [0.1, 0.15) is 10.9 Å². The molecule has 17 heavy (non-hydrogen) atoms. The van der Waals surface area contributed by atoms with Gasteiger partial charge in [-0.25, -0.2) is 9.97 Å². The normalized spacial score (nSPS) is 10.1. The van der Waals surface area contributed by atoms with Gasteiger partial charge in [-0.05, 0) is 33.6 Å². The fourth-order valence-electron chi connectivity index (χ4n) is 1.51. The molecule has 0 atom stereocenters. The van der Waals surface area contributed by atoms with Gasteiger partial charge in [-0.3, -0.25) is 0 Å². The largest absolute Gasteiger partial charge is 0.493 e. The highest BCUT2D eigenvalue weighted by molar-refractivity contribution is 9.10. The highest BCUT2D eigenvalue weighted by Gasteiger charge is 2.09. The van der Waals surface area contributed by atoms with Gasteiger partial charge in [-0.1, -0.05) is 6.07 Å². The summed E-state index contributed by atoms with van der Waals surface area (Å²) in [5, 5.41) is 0. The Bertz CT molecular complexity index is 532. The molecule has 2 rings (SSSR count). The van der Waals surface area contributed by atoms with Gasteiger partial charge in [0.15, 0.2) is 11.5 Å². The Kier molecular flexibility index (Phi) is 3.58. The third-order valence-corrected chi connectivity index (χ3v) is 2.99. The maximum Gasteiger partial charge on any atom is 0.161 e. The van der Waals surface area contributed by atoms with Crippen LogP contribution in [0.1, 0.15) is 0 Å². The van der Waals surface area contributed by atoms with Gasteiger partial charge in [-0.2, -0.15) is 0 Å². The number of ether oxygens (including phenoxy) is 2. The molecule has 4 nitrogen and oxygen atoms in total. The molecule has 0 aliphatic carbocycles. The van der Waals surface area contributed by atoms with Crippen LogP contribution in [0, 0.1) is 0 Å². The number of hydrogen-bond acceptors (Lipinski definition) is 4. The first-order chi connectivity index (χ1) is 8.26. The second-order valence-electron chi connectivity index (χ2n) is 3.30. The molecule has 88 valence electrons. The third-order valence-electron chi connectivity index (χ3n) is 2.36. The van der Waals surface area contributed by atoms with Gasteiger partial charge in [0.05, 0.1) is 14.2 Å². The summed E-state index contributed by atoms with van der Waals surface area (Å²) >= 11 is 3.39. The number of hydrogen-bond donors (Lipinski definition) is 0. The first kappa shape index (κ1) is 11.9. The van der Waals surface area contributed by atoms with Gasteiger partial charge < -0.3 is 9.47 Å². The van der Waals surface area contributed by atoms with Crippen molar-refractivity contribution in [1.82, 2.24) is 9.97 Å². The van der Waals surface area contributed by atoms with Crippen molar-refractivity contribution >= 4 is 15.9 Å². The number of aromatic nitrogens is 2. The van der Waals surface area contributed by atoms with Crippen LogP contribution in [0.5, 0.6) is 11.5 Å². The summed E-state index contributed by atoms with van der Waals surface area (Å²) in [4.78, 5) is 8.09. The molecule has 0 N–H and O–H groups in total. The Hall–Kier alpha value is -1.62. The number of methoxy groups -OCH3 is 2. The topological polar surface area (TPSA) is 44.2 Å². The Morgan fingerprint density at radius 3 is 2.53 bits per heavy atom. The van der Waals surface area contributed by atoms with Gasteiger partial charge in [-0.15, -0.1) is 0 Å². The van der Waals surface area contributed by atoms with Gasteiger partial charge in [0.2, 0.25) is 0 Å². The SMILES string of the molecule is COc1ccc(-c2cncnc2Br)cc1OC. The molecule has 1 aromatic heterocycles. The van der Waals surface area contributed by atoms with Gasteiger partial charge >= 0.3 is 0 Å². The Morgan fingerprint density at radius 1 is 1.12 bits per heavy atom. The Balaban J connectivity index is 2.50. The lowest BCUT2D eigenvalue weighted by atomic mass is 10.1. The van der Waals surface area contributed by atoms with E-state index >= 15 is 0 Å². The molecule has 0 fully saturated rings. The number of rotatable bonds is 3. The van der Waals surface area contributed by atoms with Crippen LogP contribution in [-0.2, 0) is 0 Å². The molecule has 0 aliphatic rings. The van der Waals surface area contributed by atoms with Crippen LogP contribution in [0.2, 0.25) is 0 Å². The minimum atomic E-state index is 0.681. The quantitative estimate of drug-likeness (QED) is 0.817. The molecular weight excluding hydrogens is 284 g/mol. The average Bonchev–Trinajstić information content (AvgIpc) is 2.38. The maximum atomic E-state index is 5.26. The zero-order chi connectivity index (χ0) is 12.3. The fourth-order valence-corrected chi connectivity index (χ4v) is 1.93.